The molecule has 0 saturated carbocycles. The molecule has 0 spiro atoms. The molecule has 3 N–H and O–H groups in total. The van der Waals surface area contributed by atoms with Crippen molar-refractivity contribution in [3.63, 3.8) is 0 Å². The number of amides is 2. The smallest absolute Gasteiger partial charge is 0.321 e. The highest BCUT2D eigenvalue weighted by atomic mass is 19.1. The number of nitrogens with two attached hydrogens (primary N) is 1. The van der Waals surface area contributed by atoms with Gasteiger partial charge in [0.2, 0.25) is 0 Å². The molecule has 6 nitrogen and oxygen atoms in total. The van der Waals surface area contributed by atoms with Crippen LogP contribution in [0.5, 0.6) is 0 Å². The van der Waals surface area contributed by atoms with Gasteiger partial charge in [0, 0.05) is 43.9 Å². The highest BCUT2D eigenvalue weighted by molar-refractivity contribution is 5.84. The Labute approximate surface area is 203 Å². The molecule has 2 amide bonds. The third-order valence-corrected chi connectivity index (χ3v) is 7.09. The first kappa shape index (κ1) is 25.1. The first-order chi connectivity index (χ1) is 16.6. The molecule has 4 rings (SSSR count). The van der Waals surface area contributed by atoms with Gasteiger partial charge in [-0.2, -0.15) is 0 Å². The maximum atomic E-state index is 14.7. The average Bonchev–Trinajstić information content (AvgIpc) is 3.14. The van der Waals surface area contributed by atoms with Crippen LogP contribution in [0, 0.1) is 11.6 Å². The van der Waals surface area contributed by atoms with E-state index in [1.165, 1.54) is 9.80 Å². The molecule has 0 aliphatic carbocycles. The Bertz CT molecular complexity index is 1130. The number of nitrogens with zero attached hydrogens (tertiary/aromatic N) is 3. The number of hydrogen-bond donors (Lipinski definition) is 2. The number of nitrogen functional groups attached to an aromatic ring is 1. The van der Waals surface area contributed by atoms with E-state index in [1.54, 1.807) is 37.4 Å². The number of carbonyl (C=O) groups is 1. The third kappa shape index (κ3) is 4.88. The van der Waals surface area contributed by atoms with E-state index in [0.717, 1.165) is 18.2 Å². The van der Waals surface area contributed by atoms with Crippen LogP contribution >= 0.6 is 0 Å². The number of hydrogen-bond acceptors (Lipinski definition) is 4. The van der Waals surface area contributed by atoms with Gasteiger partial charge < -0.3 is 25.5 Å². The van der Waals surface area contributed by atoms with Crippen LogP contribution < -0.4 is 5.73 Å². The van der Waals surface area contributed by atoms with E-state index in [1.807, 2.05) is 11.9 Å². The number of benzene rings is 2. The van der Waals surface area contributed by atoms with Crippen molar-refractivity contribution in [1.82, 2.24) is 14.7 Å². The van der Waals surface area contributed by atoms with Gasteiger partial charge >= 0.3 is 6.03 Å². The zero-order valence-corrected chi connectivity index (χ0v) is 19.9. The van der Waals surface area contributed by atoms with E-state index in [4.69, 9.17) is 5.73 Å². The Morgan fingerprint density at radius 1 is 1.26 bits per heavy atom. The third-order valence-electron chi connectivity index (χ3n) is 7.09. The van der Waals surface area contributed by atoms with Crippen molar-refractivity contribution in [1.29, 1.82) is 0 Å². The zero-order chi connectivity index (χ0) is 25.3. The predicted octanol–water partition coefficient (Wildman–Crippen LogP) is 3.62. The fourth-order valence-electron chi connectivity index (χ4n) is 5.12. The zero-order valence-electron chi connectivity index (χ0n) is 19.9. The number of carbonyl (C=O) groups excluding carboxylic acids is 1. The Morgan fingerprint density at radius 3 is 2.74 bits per heavy atom. The minimum Gasteiger partial charge on any atom is -0.399 e. The van der Waals surface area contributed by atoms with Gasteiger partial charge in [0.15, 0.2) is 0 Å². The summed E-state index contributed by atoms with van der Waals surface area (Å²) < 4.78 is 43.2. The fraction of sp³-hybridized carbons (Fsp3) is 0.423. The van der Waals surface area contributed by atoms with Crippen molar-refractivity contribution in [2.45, 2.75) is 30.6 Å². The van der Waals surface area contributed by atoms with Gasteiger partial charge in [-0.05, 0) is 67.6 Å². The number of anilines is 1. The van der Waals surface area contributed by atoms with Crippen LogP contribution in [-0.4, -0.2) is 78.4 Å². The number of halogens is 3. The summed E-state index contributed by atoms with van der Waals surface area (Å²) in [6.07, 6.45) is 1.32. The maximum Gasteiger partial charge on any atom is 0.321 e. The quantitative estimate of drug-likeness (QED) is 0.645. The molecule has 3 atom stereocenters. The minimum absolute atomic E-state index is 0.0181. The number of aliphatic hydroxyl groups is 1. The second-order valence-corrected chi connectivity index (χ2v) is 9.52. The molecule has 188 valence electrons. The molecule has 2 aliphatic heterocycles. The van der Waals surface area contributed by atoms with Crippen LogP contribution in [0.4, 0.5) is 23.7 Å². The Hall–Kier alpha value is -3.04. The highest BCUT2D eigenvalue weighted by Gasteiger charge is 2.46. The number of aliphatic hydroxyl groups excluding tert-OH is 1. The summed E-state index contributed by atoms with van der Waals surface area (Å²) in [5.74, 6) is -1.24. The highest BCUT2D eigenvalue weighted by Crippen LogP contribution is 2.42. The van der Waals surface area contributed by atoms with Crippen molar-refractivity contribution in [2.24, 2.45) is 0 Å². The Morgan fingerprint density at radius 2 is 2.03 bits per heavy atom. The molecule has 2 unspecified atom stereocenters. The number of alkyl halides is 1. The summed E-state index contributed by atoms with van der Waals surface area (Å²) in [6.45, 7) is 0.373. The lowest BCUT2D eigenvalue weighted by Gasteiger charge is -2.41. The van der Waals surface area contributed by atoms with Crippen molar-refractivity contribution >= 4 is 17.3 Å². The van der Waals surface area contributed by atoms with Gasteiger partial charge in [-0.1, -0.05) is 12.1 Å². The van der Waals surface area contributed by atoms with E-state index >= 15 is 0 Å². The summed E-state index contributed by atoms with van der Waals surface area (Å²) in [6, 6.07) is 9.11. The van der Waals surface area contributed by atoms with Crippen LogP contribution in [0.1, 0.15) is 24.0 Å². The average molecular weight is 489 g/mol. The molecule has 2 aliphatic rings. The molecule has 0 aromatic heterocycles. The molecule has 1 saturated heterocycles. The molecule has 2 aromatic rings. The molecule has 0 bridgehead atoms. The summed E-state index contributed by atoms with van der Waals surface area (Å²) in [4.78, 5) is 18.7. The standard InChI is InChI=1S/C26H31F3N4O2/c1-31-9-8-22(11-20(28)15-31)32(2)25(35)33-14-17(23-12-19(27)6-7-24(23)29)13-26(33,16-34)18-4-3-5-21(30)10-18/h3-7,10,12-13,20,22,34H,8-9,11,14-16,30H2,1-2H3/t20?,22?,26-/m1/s1. The molecule has 0 radical (unpaired) electrons. The van der Waals surface area contributed by atoms with E-state index in [2.05, 4.69) is 0 Å². The van der Waals surface area contributed by atoms with Crippen LogP contribution in [0.2, 0.25) is 0 Å². The summed E-state index contributed by atoms with van der Waals surface area (Å²) in [7, 11) is 3.46. The predicted molar refractivity (Wildman–Crippen MR) is 129 cm³/mol. The normalized spacial score (nSPS) is 25.3. The second-order valence-electron chi connectivity index (χ2n) is 9.52. The van der Waals surface area contributed by atoms with Gasteiger partial charge in [-0.15, -0.1) is 0 Å². The monoisotopic (exact) mass is 488 g/mol. The molecule has 1 fully saturated rings. The topological polar surface area (TPSA) is 73.0 Å². The van der Waals surface area contributed by atoms with E-state index < -0.39 is 36.0 Å². The van der Waals surface area contributed by atoms with E-state index in [0.29, 0.717) is 36.3 Å². The lowest BCUT2D eigenvalue weighted by molar-refractivity contribution is 0.0758. The van der Waals surface area contributed by atoms with Crippen LogP contribution in [0.3, 0.4) is 0 Å². The second kappa shape index (κ2) is 9.91. The SMILES string of the molecule is CN1CCC(N(C)C(=O)N2CC(c3cc(F)ccc3F)=C[C@@]2(CO)c2cccc(N)c2)CC(F)C1. The molecular formula is C26H31F3N4O2. The summed E-state index contributed by atoms with van der Waals surface area (Å²) in [5.41, 5.74) is 6.00. The van der Waals surface area contributed by atoms with E-state index in [-0.39, 0.29) is 24.6 Å². The molecule has 9 heteroatoms. The van der Waals surface area contributed by atoms with Crippen molar-refractivity contribution in [3.05, 3.63) is 71.3 Å². The molecule has 2 aromatic carbocycles. The molecule has 35 heavy (non-hydrogen) atoms. The molecule has 2 heterocycles. The number of urea groups is 1. The summed E-state index contributed by atoms with van der Waals surface area (Å²) >= 11 is 0. The number of rotatable bonds is 4. The lowest BCUT2D eigenvalue weighted by atomic mass is 9.89. The van der Waals surface area contributed by atoms with Gasteiger partial charge in [0.1, 0.15) is 23.3 Å². The largest absolute Gasteiger partial charge is 0.399 e. The number of likely N-dealkylation sites (tertiary alicyclic amines) is 1. The Kier molecular flexibility index (Phi) is 7.10. The van der Waals surface area contributed by atoms with Crippen LogP contribution in [-0.2, 0) is 5.54 Å². The van der Waals surface area contributed by atoms with E-state index in [9.17, 15) is 23.1 Å². The fourth-order valence-corrected chi connectivity index (χ4v) is 5.12. The van der Waals surface area contributed by atoms with Gasteiger partial charge in [0.05, 0.1) is 6.61 Å². The maximum absolute atomic E-state index is 14.7. The van der Waals surface area contributed by atoms with Gasteiger partial charge in [-0.25, -0.2) is 18.0 Å². The van der Waals surface area contributed by atoms with Gasteiger partial charge in [0.25, 0.3) is 0 Å². The first-order valence-corrected chi connectivity index (χ1v) is 11.7. The van der Waals surface area contributed by atoms with Crippen LogP contribution in [0.15, 0.2) is 48.5 Å². The van der Waals surface area contributed by atoms with Crippen molar-refractivity contribution < 1.29 is 23.1 Å². The lowest BCUT2D eigenvalue weighted by Crippen LogP contribution is -2.54. The van der Waals surface area contributed by atoms with Crippen LogP contribution in [0.25, 0.3) is 5.57 Å². The van der Waals surface area contributed by atoms with Gasteiger partial charge in [-0.3, -0.25) is 0 Å². The summed E-state index contributed by atoms with van der Waals surface area (Å²) in [5, 5.41) is 10.7. The minimum atomic E-state index is -1.36. The van der Waals surface area contributed by atoms with Crippen molar-refractivity contribution in [3.8, 4) is 0 Å². The molecular weight excluding hydrogens is 457 g/mol. The first-order valence-electron chi connectivity index (χ1n) is 11.7. The van der Waals surface area contributed by atoms with Crippen molar-refractivity contribution in [2.75, 3.05) is 46.1 Å². The Balaban J connectivity index is 1.75.